The number of nitrogens with one attached hydrogen (secondary N) is 1. The fraction of sp³-hybridized carbons (Fsp3) is 0.533. The average molecular weight is 276 g/mol. The number of imidazole rings is 1. The van der Waals surface area contributed by atoms with Gasteiger partial charge in [0.15, 0.2) is 0 Å². The number of halogens is 1. The number of rotatable bonds is 2. The predicted molar refractivity (Wildman–Crippen MR) is 77.8 cm³/mol. The summed E-state index contributed by atoms with van der Waals surface area (Å²) < 4.78 is 2.42. The number of para-hydroxylation sites is 1. The minimum atomic E-state index is 0.518. The molecule has 2 fully saturated rings. The number of aromatic nitrogens is 2. The molecule has 0 unspecified atom stereocenters. The third-order valence-corrected chi connectivity index (χ3v) is 4.75. The van der Waals surface area contributed by atoms with Gasteiger partial charge in [0.1, 0.15) is 5.82 Å². The maximum absolute atomic E-state index is 6.41. The van der Waals surface area contributed by atoms with Crippen LogP contribution in [-0.4, -0.2) is 22.6 Å². The molecule has 4 rings (SSSR count). The van der Waals surface area contributed by atoms with E-state index in [9.17, 15) is 0 Å². The lowest BCUT2D eigenvalue weighted by molar-refractivity contribution is 0.519. The van der Waals surface area contributed by atoms with Gasteiger partial charge in [0.2, 0.25) is 0 Å². The minimum absolute atomic E-state index is 0.518. The molecule has 1 aliphatic heterocycles. The van der Waals surface area contributed by atoms with E-state index in [1.165, 1.54) is 18.7 Å². The van der Waals surface area contributed by atoms with Crippen LogP contribution >= 0.6 is 11.6 Å². The van der Waals surface area contributed by atoms with Crippen molar-refractivity contribution in [3.8, 4) is 0 Å². The van der Waals surface area contributed by atoms with E-state index in [1.54, 1.807) is 0 Å². The van der Waals surface area contributed by atoms with E-state index in [4.69, 9.17) is 16.6 Å². The molecule has 19 heavy (non-hydrogen) atoms. The van der Waals surface area contributed by atoms with Crippen LogP contribution in [0.3, 0.4) is 0 Å². The lowest BCUT2D eigenvalue weighted by Crippen LogP contribution is -2.14. The Bertz CT molecular complexity index is 630. The van der Waals surface area contributed by atoms with E-state index < -0.39 is 0 Å². The Kier molecular flexibility index (Phi) is 2.61. The smallest absolute Gasteiger partial charge is 0.114 e. The van der Waals surface area contributed by atoms with E-state index in [-0.39, 0.29) is 0 Å². The van der Waals surface area contributed by atoms with Crippen LogP contribution in [-0.2, 0) is 0 Å². The van der Waals surface area contributed by atoms with E-state index in [0.717, 1.165) is 29.1 Å². The van der Waals surface area contributed by atoms with Gasteiger partial charge in [0.05, 0.1) is 16.1 Å². The van der Waals surface area contributed by atoms with Gasteiger partial charge in [-0.25, -0.2) is 4.98 Å². The first-order valence-electron chi connectivity index (χ1n) is 7.13. The summed E-state index contributed by atoms with van der Waals surface area (Å²) in [4.78, 5) is 4.91. The molecule has 4 heteroatoms. The summed E-state index contributed by atoms with van der Waals surface area (Å²) in [7, 11) is 0. The molecule has 1 saturated heterocycles. The monoisotopic (exact) mass is 275 g/mol. The summed E-state index contributed by atoms with van der Waals surface area (Å²) in [6, 6.07) is 6.67. The Morgan fingerprint density at radius 2 is 2.16 bits per heavy atom. The van der Waals surface area contributed by atoms with Crippen LogP contribution in [0, 0.1) is 5.92 Å². The molecule has 0 amide bonds. The van der Waals surface area contributed by atoms with Crippen molar-refractivity contribution in [2.75, 3.05) is 13.1 Å². The van der Waals surface area contributed by atoms with Crippen LogP contribution < -0.4 is 5.32 Å². The van der Waals surface area contributed by atoms with Crippen LogP contribution in [0.2, 0.25) is 5.02 Å². The first-order valence-corrected chi connectivity index (χ1v) is 7.50. The van der Waals surface area contributed by atoms with Crippen molar-refractivity contribution >= 4 is 22.6 Å². The first-order chi connectivity index (χ1) is 9.25. The normalized spacial score (nSPS) is 27.3. The number of fused-ring (bicyclic) bond motifs is 1. The van der Waals surface area contributed by atoms with E-state index in [1.807, 2.05) is 12.1 Å². The molecule has 1 aromatic carbocycles. The Morgan fingerprint density at radius 1 is 1.32 bits per heavy atom. The number of hydrogen-bond acceptors (Lipinski definition) is 2. The molecule has 2 aromatic rings. The highest BCUT2D eigenvalue weighted by Gasteiger charge is 2.35. The fourth-order valence-electron chi connectivity index (χ4n) is 3.24. The molecule has 1 aromatic heterocycles. The third-order valence-electron chi connectivity index (χ3n) is 4.45. The van der Waals surface area contributed by atoms with Crippen molar-refractivity contribution in [3.05, 3.63) is 29.0 Å². The second kappa shape index (κ2) is 4.22. The van der Waals surface area contributed by atoms with E-state index in [2.05, 4.69) is 22.9 Å². The summed E-state index contributed by atoms with van der Waals surface area (Å²) >= 11 is 6.41. The molecule has 3 nitrogen and oxygen atoms in total. The molecular formula is C15H18ClN3. The predicted octanol–water partition coefficient (Wildman–Crippen LogP) is 3.35. The first kappa shape index (κ1) is 11.7. The zero-order valence-electron chi connectivity index (χ0n) is 11.1. The topological polar surface area (TPSA) is 29.9 Å². The Labute approximate surface area is 118 Å². The maximum atomic E-state index is 6.41. The second-order valence-electron chi connectivity index (χ2n) is 5.92. The summed E-state index contributed by atoms with van der Waals surface area (Å²) in [5.41, 5.74) is 2.19. The van der Waals surface area contributed by atoms with Crippen molar-refractivity contribution in [2.45, 2.75) is 31.7 Å². The van der Waals surface area contributed by atoms with Gasteiger partial charge in [-0.05, 0) is 37.4 Å². The lowest BCUT2D eigenvalue weighted by atomic mass is 9.97. The summed E-state index contributed by atoms with van der Waals surface area (Å²) in [5.74, 6) is 2.40. The van der Waals surface area contributed by atoms with Crippen molar-refractivity contribution in [3.63, 3.8) is 0 Å². The van der Waals surface area contributed by atoms with Crippen LogP contribution in [0.4, 0.5) is 0 Å². The Morgan fingerprint density at radius 3 is 2.84 bits per heavy atom. The highest BCUT2D eigenvalue weighted by Crippen LogP contribution is 2.43. The fourth-order valence-corrected chi connectivity index (χ4v) is 3.50. The van der Waals surface area contributed by atoms with Crippen LogP contribution in [0.1, 0.15) is 37.5 Å². The summed E-state index contributed by atoms with van der Waals surface area (Å²) in [6.07, 6.45) is 2.52. The van der Waals surface area contributed by atoms with Gasteiger partial charge in [-0.2, -0.15) is 0 Å². The molecule has 1 N–H and O–H groups in total. The Balaban J connectivity index is 1.94. The van der Waals surface area contributed by atoms with Gasteiger partial charge in [-0.3, -0.25) is 0 Å². The van der Waals surface area contributed by atoms with Crippen molar-refractivity contribution in [1.82, 2.24) is 14.9 Å². The second-order valence-corrected chi connectivity index (χ2v) is 6.33. The van der Waals surface area contributed by atoms with Crippen molar-refractivity contribution in [1.29, 1.82) is 0 Å². The van der Waals surface area contributed by atoms with Gasteiger partial charge in [-0.1, -0.05) is 24.6 Å². The van der Waals surface area contributed by atoms with Crippen LogP contribution in [0.5, 0.6) is 0 Å². The molecule has 0 bridgehead atoms. The standard InChI is InChI=1S/C15H18ClN3/c1-9-7-17-8-11(9)15-18-13-4-2-3-12(16)14(13)19(15)10-5-6-10/h2-4,9-11,17H,5-8H2,1H3/t9-,11-/m1/s1. The van der Waals surface area contributed by atoms with Crippen molar-refractivity contribution < 1.29 is 0 Å². The highest BCUT2D eigenvalue weighted by molar-refractivity contribution is 6.35. The van der Waals surface area contributed by atoms with Crippen LogP contribution in [0.15, 0.2) is 18.2 Å². The van der Waals surface area contributed by atoms with Crippen LogP contribution in [0.25, 0.3) is 11.0 Å². The maximum Gasteiger partial charge on any atom is 0.114 e. The molecule has 100 valence electrons. The highest BCUT2D eigenvalue weighted by atomic mass is 35.5. The molecule has 2 heterocycles. The number of hydrogen-bond donors (Lipinski definition) is 1. The zero-order valence-corrected chi connectivity index (χ0v) is 11.8. The SMILES string of the molecule is C[C@@H]1CNC[C@H]1c1nc2cccc(Cl)c2n1C1CC1. The van der Waals surface area contributed by atoms with Gasteiger partial charge >= 0.3 is 0 Å². The third kappa shape index (κ3) is 1.79. The average Bonchev–Trinajstić information content (AvgIpc) is 3.02. The number of benzene rings is 1. The van der Waals surface area contributed by atoms with Gasteiger partial charge < -0.3 is 9.88 Å². The molecule has 1 aliphatic carbocycles. The lowest BCUT2D eigenvalue weighted by Gasteiger charge is -2.16. The van der Waals surface area contributed by atoms with Gasteiger partial charge in [0.25, 0.3) is 0 Å². The number of nitrogens with zero attached hydrogens (tertiary/aromatic N) is 2. The molecule has 2 atom stereocenters. The molecule has 0 radical (unpaired) electrons. The Hall–Kier alpha value is -1.06. The van der Waals surface area contributed by atoms with Gasteiger partial charge in [0, 0.05) is 18.5 Å². The summed E-state index contributed by atoms with van der Waals surface area (Å²) in [5, 5.41) is 4.31. The minimum Gasteiger partial charge on any atom is -0.323 e. The van der Waals surface area contributed by atoms with E-state index >= 15 is 0 Å². The molecule has 0 spiro atoms. The summed E-state index contributed by atoms with van der Waals surface area (Å²) in [6.45, 7) is 4.43. The molecular weight excluding hydrogens is 258 g/mol. The van der Waals surface area contributed by atoms with Crippen molar-refractivity contribution in [2.24, 2.45) is 5.92 Å². The molecule has 2 aliphatic rings. The largest absolute Gasteiger partial charge is 0.323 e. The van der Waals surface area contributed by atoms with Gasteiger partial charge in [-0.15, -0.1) is 0 Å². The quantitative estimate of drug-likeness (QED) is 0.911. The zero-order chi connectivity index (χ0) is 13.0. The molecule has 1 saturated carbocycles. The van der Waals surface area contributed by atoms with E-state index in [0.29, 0.717) is 17.9 Å².